The second kappa shape index (κ2) is 6.45. The Kier molecular flexibility index (Phi) is 4.35. The highest BCUT2D eigenvalue weighted by atomic mass is 32.2. The Balaban J connectivity index is 1.81. The molecule has 3 rings (SSSR count). The summed E-state index contributed by atoms with van der Waals surface area (Å²) in [7, 11) is -1.97. The number of hydrogen-bond acceptors (Lipinski definition) is 5. The lowest BCUT2D eigenvalue weighted by Crippen LogP contribution is -2.21. The van der Waals surface area contributed by atoms with Crippen molar-refractivity contribution in [1.82, 2.24) is 5.01 Å². The molecule has 0 unspecified atom stereocenters. The molecule has 0 amide bonds. The Morgan fingerprint density at radius 3 is 2.58 bits per heavy atom. The molecule has 0 saturated carbocycles. The molecule has 24 heavy (non-hydrogen) atoms. The number of amidine groups is 1. The number of hydrogen-bond donors (Lipinski definition) is 0. The number of fused-ring (bicyclic) bond motifs is 1. The summed E-state index contributed by atoms with van der Waals surface area (Å²) in [5, 5.41) is 5.75. The van der Waals surface area contributed by atoms with Crippen LogP contribution in [0.3, 0.4) is 0 Å². The predicted molar refractivity (Wildman–Crippen MR) is 93.1 cm³/mol. The Hall–Kier alpha value is -2.67. The SMILES string of the molecule is CCOc1ccc(/C=N\N(C)C2=NS(=O)(=O)c3ccccc32)cc1. The number of nitrogens with zero attached hydrogens (tertiary/aromatic N) is 3. The molecule has 0 aliphatic carbocycles. The number of sulfonamides is 1. The minimum absolute atomic E-state index is 0.211. The average Bonchev–Trinajstić information content (AvgIpc) is 2.86. The summed E-state index contributed by atoms with van der Waals surface area (Å²) in [6.07, 6.45) is 1.64. The lowest BCUT2D eigenvalue weighted by Gasteiger charge is -2.12. The van der Waals surface area contributed by atoms with E-state index < -0.39 is 10.0 Å². The van der Waals surface area contributed by atoms with Crippen LogP contribution >= 0.6 is 0 Å². The van der Waals surface area contributed by atoms with Crippen molar-refractivity contribution in [2.45, 2.75) is 11.8 Å². The van der Waals surface area contributed by atoms with Crippen LogP contribution in [0.4, 0.5) is 0 Å². The topological polar surface area (TPSA) is 71.3 Å². The summed E-state index contributed by atoms with van der Waals surface area (Å²) >= 11 is 0. The van der Waals surface area contributed by atoms with E-state index in [1.54, 1.807) is 37.5 Å². The summed E-state index contributed by atoms with van der Waals surface area (Å²) in [5.74, 6) is 1.11. The molecular formula is C17H17N3O3S. The van der Waals surface area contributed by atoms with Crippen LogP contribution in [0.15, 0.2) is 62.9 Å². The van der Waals surface area contributed by atoms with Crippen molar-refractivity contribution in [3.63, 3.8) is 0 Å². The van der Waals surface area contributed by atoms with E-state index in [2.05, 4.69) is 9.50 Å². The Morgan fingerprint density at radius 2 is 1.88 bits per heavy atom. The van der Waals surface area contributed by atoms with Gasteiger partial charge < -0.3 is 4.74 Å². The number of rotatable bonds is 4. The van der Waals surface area contributed by atoms with Crippen molar-refractivity contribution in [3.8, 4) is 5.75 Å². The first-order valence-corrected chi connectivity index (χ1v) is 8.90. The third kappa shape index (κ3) is 3.16. The highest BCUT2D eigenvalue weighted by molar-refractivity contribution is 7.90. The van der Waals surface area contributed by atoms with Crippen molar-refractivity contribution in [2.24, 2.45) is 9.50 Å². The molecular weight excluding hydrogens is 326 g/mol. The first kappa shape index (κ1) is 16.2. The zero-order valence-electron chi connectivity index (χ0n) is 13.4. The molecule has 0 saturated heterocycles. The van der Waals surface area contributed by atoms with Gasteiger partial charge in [-0.2, -0.15) is 13.5 Å². The first-order chi connectivity index (χ1) is 11.5. The second-order valence-electron chi connectivity index (χ2n) is 5.16. The van der Waals surface area contributed by atoms with Crippen molar-refractivity contribution in [1.29, 1.82) is 0 Å². The quantitative estimate of drug-likeness (QED) is 0.632. The van der Waals surface area contributed by atoms with Gasteiger partial charge in [0, 0.05) is 12.6 Å². The first-order valence-electron chi connectivity index (χ1n) is 7.46. The van der Waals surface area contributed by atoms with Crippen LogP contribution < -0.4 is 4.74 Å². The minimum atomic E-state index is -3.64. The number of hydrazone groups is 1. The maximum atomic E-state index is 12.1. The van der Waals surface area contributed by atoms with Crippen LogP contribution in [0.2, 0.25) is 0 Å². The Morgan fingerprint density at radius 1 is 1.17 bits per heavy atom. The van der Waals surface area contributed by atoms with Crippen LogP contribution in [0, 0.1) is 0 Å². The van der Waals surface area contributed by atoms with Gasteiger partial charge in [-0.15, -0.1) is 4.40 Å². The van der Waals surface area contributed by atoms with Gasteiger partial charge in [0.2, 0.25) is 0 Å². The van der Waals surface area contributed by atoms with Crippen LogP contribution in [0.5, 0.6) is 5.75 Å². The van der Waals surface area contributed by atoms with Crippen LogP contribution in [0.1, 0.15) is 18.1 Å². The standard InChI is InChI=1S/C17H17N3O3S/c1-3-23-14-10-8-13(9-11-14)12-18-20(2)17-15-6-4-5-7-16(15)24(21,22)19-17/h4-12H,3H2,1-2H3/b18-12-. The monoisotopic (exact) mass is 343 g/mol. The fourth-order valence-corrected chi connectivity index (χ4v) is 3.58. The van der Waals surface area contributed by atoms with Gasteiger partial charge >= 0.3 is 0 Å². The summed E-state index contributed by atoms with van der Waals surface area (Å²) in [5.41, 5.74) is 1.43. The van der Waals surface area contributed by atoms with Crippen LogP contribution in [-0.2, 0) is 10.0 Å². The normalized spacial score (nSPS) is 15.2. The molecule has 7 heteroatoms. The van der Waals surface area contributed by atoms with Gasteiger partial charge in [0.25, 0.3) is 10.0 Å². The predicted octanol–water partition coefficient (Wildman–Crippen LogP) is 2.50. The maximum absolute atomic E-state index is 12.1. The molecule has 2 aromatic carbocycles. The molecule has 0 N–H and O–H groups in total. The number of ether oxygens (including phenoxy) is 1. The molecule has 0 radical (unpaired) electrons. The molecule has 0 aromatic heterocycles. The smallest absolute Gasteiger partial charge is 0.285 e. The second-order valence-corrected chi connectivity index (χ2v) is 6.73. The van der Waals surface area contributed by atoms with Crippen molar-refractivity contribution >= 4 is 22.1 Å². The van der Waals surface area contributed by atoms with Crippen molar-refractivity contribution in [2.75, 3.05) is 13.7 Å². The maximum Gasteiger partial charge on any atom is 0.285 e. The van der Waals surface area contributed by atoms with E-state index in [0.717, 1.165) is 11.3 Å². The largest absolute Gasteiger partial charge is 0.494 e. The average molecular weight is 343 g/mol. The molecule has 1 aliphatic heterocycles. The zero-order valence-corrected chi connectivity index (χ0v) is 14.2. The molecule has 0 atom stereocenters. The third-order valence-corrected chi connectivity index (χ3v) is 4.82. The summed E-state index contributed by atoms with van der Waals surface area (Å²) in [6.45, 7) is 2.54. The van der Waals surface area contributed by atoms with E-state index >= 15 is 0 Å². The van der Waals surface area contributed by atoms with Gasteiger partial charge in [0.1, 0.15) is 10.6 Å². The minimum Gasteiger partial charge on any atom is -0.494 e. The molecule has 1 aliphatic rings. The zero-order chi connectivity index (χ0) is 17.2. The molecule has 2 aromatic rings. The highest BCUT2D eigenvalue weighted by Gasteiger charge is 2.30. The van der Waals surface area contributed by atoms with Crippen LogP contribution in [-0.4, -0.2) is 39.1 Å². The molecule has 1 heterocycles. The van der Waals surface area contributed by atoms with E-state index in [0.29, 0.717) is 18.0 Å². The van der Waals surface area contributed by atoms with Crippen molar-refractivity contribution < 1.29 is 13.2 Å². The molecule has 6 nitrogen and oxygen atoms in total. The fraction of sp³-hybridized carbons (Fsp3) is 0.176. The lowest BCUT2D eigenvalue weighted by molar-refractivity contribution is 0.340. The molecule has 124 valence electrons. The third-order valence-electron chi connectivity index (χ3n) is 3.49. The fourth-order valence-electron chi connectivity index (χ4n) is 2.35. The number of benzene rings is 2. The summed E-state index contributed by atoms with van der Waals surface area (Å²) < 4.78 is 33.3. The summed E-state index contributed by atoms with van der Waals surface area (Å²) in [6, 6.07) is 14.2. The van der Waals surface area contributed by atoms with E-state index in [1.807, 2.05) is 31.2 Å². The summed E-state index contributed by atoms with van der Waals surface area (Å²) in [4.78, 5) is 0.211. The van der Waals surface area contributed by atoms with E-state index in [-0.39, 0.29) is 4.90 Å². The van der Waals surface area contributed by atoms with Gasteiger partial charge in [0.05, 0.1) is 12.8 Å². The molecule has 0 bridgehead atoms. The highest BCUT2D eigenvalue weighted by Crippen LogP contribution is 2.26. The molecule has 0 spiro atoms. The Labute approximate surface area is 141 Å². The van der Waals surface area contributed by atoms with Gasteiger partial charge in [-0.05, 0) is 48.9 Å². The molecule has 0 fully saturated rings. The lowest BCUT2D eigenvalue weighted by atomic mass is 10.2. The Bertz CT molecular complexity index is 903. The van der Waals surface area contributed by atoms with Gasteiger partial charge in [-0.3, -0.25) is 0 Å². The van der Waals surface area contributed by atoms with E-state index in [9.17, 15) is 8.42 Å². The van der Waals surface area contributed by atoms with Gasteiger partial charge in [-0.1, -0.05) is 12.1 Å². The van der Waals surface area contributed by atoms with Crippen LogP contribution in [0.25, 0.3) is 0 Å². The van der Waals surface area contributed by atoms with E-state index in [4.69, 9.17) is 4.74 Å². The van der Waals surface area contributed by atoms with Gasteiger partial charge in [-0.25, -0.2) is 5.01 Å². The van der Waals surface area contributed by atoms with Gasteiger partial charge in [0.15, 0.2) is 5.84 Å². The van der Waals surface area contributed by atoms with E-state index in [1.165, 1.54) is 5.01 Å². The van der Waals surface area contributed by atoms with Crippen molar-refractivity contribution in [3.05, 3.63) is 59.7 Å².